The van der Waals surface area contributed by atoms with Gasteiger partial charge in [-0.3, -0.25) is 5.43 Å². The molecule has 0 unspecified atom stereocenters. The van der Waals surface area contributed by atoms with Gasteiger partial charge in [-0.1, -0.05) is 0 Å². The molecule has 0 aliphatic heterocycles. The number of anilines is 3. The van der Waals surface area contributed by atoms with Crippen molar-refractivity contribution < 1.29 is 0 Å². The van der Waals surface area contributed by atoms with Gasteiger partial charge in [0.1, 0.15) is 5.82 Å². The third-order valence-corrected chi connectivity index (χ3v) is 2.92. The molecule has 15 heavy (non-hydrogen) atoms. The number of nitrogen functional groups attached to an aromatic ring is 1. The Morgan fingerprint density at radius 2 is 2.33 bits per heavy atom. The van der Waals surface area contributed by atoms with Crippen molar-refractivity contribution in [2.24, 2.45) is 5.84 Å². The zero-order valence-corrected chi connectivity index (χ0v) is 9.97. The molecule has 0 radical (unpaired) electrons. The summed E-state index contributed by atoms with van der Waals surface area (Å²) in [5, 5.41) is 7.12. The van der Waals surface area contributed by atoms with Gasteiger partial charge in [0.25, 0.3) is 0 Å². The third kappa shape index (κ3) is 2.44. The third-order valence-electron chi connectivity index (χ3n) is 1.66. The van der Waals surface area contributed by atoms with Gasteiger partial charge in [0.05, 0.1) is 10.2 Å². The molecule has 7 heteroatoms. The number of hydrogen-bond acceptors (Lipinski definition) is 6. The van der Waals surface area contributed by atoms with E-state index in [4.69, 9.17) is 5.84 Å². The highest BCUT2D eigenvalue weighted by molar-refractivity contribution is 9.10. The Kier molecular flexibility index (Phi) is 3.14. The SMILES string of the molecule is NNc1ncc(Br)c(Nc2ccsc2)n1. The number of rotatable bonds is 3. The van der Waals surface area contributed by atoms with E-state index >= 15 is 0 Å². The average Bonchev–Trinajstić information content (AvgIpc) is 2.74. The van der Waals surface area contributed by atoms with Crippen molar-refractivity contribution in [2.45, 2.75) is 0 Å². The molecule has 0 fully saturated rings. The van der Waals surface area contributed by atoms with E-state index < -0.39 is 0 Å². The number of thiophene rings is 1. The summed E-state index contributed by atoms with van der Waals surface area (Å²) in [5.74, 6) is 6.27. The molecule has 0 amide bonds. The number of hydrogen-bond donors (Lipinski definition) is 3. The Labute approximate surface area is 98.8 Å². The van der Waals surface area contributed by atoms with Gasteiger partial charge < -0.3 is 5.32 Å². The van der Waals surface area contributed by atoms with Gasteiger partial charge in [-0.05, 0) is 27.4 Å². The van der Waals surface area contributed by atoms with Crippen LogP contribution in [0.25, 0.3) is 0 Å². The van der Waals surface area contributed by atoms with Crippen molar-refractivity contribution in [1.82, 2.24) is 9.97 Å². The average molecular weight is 286 g/mol. The minimum absolute atomic E-state index is 0.371. The van der Waals surface area contributed by atoms with E-state index in [1.54, 1.807) is 17.5 Å². The standard InChI is InChI=1S/C8H8BrN5S/c9-6-3-11-8(14-10)13-7(6)12-5-1-2-15-4-5/h1-4H,10H2,(H2,11,12,13,14). The number of hydrazine groups is 1. The van der Waals surface area contributed by atoms with Crippen LogP contribution in [0.4, 0.5) is 17.5 Å². The molecule has 78 valence electrons. The lowest BCUT2D eigenvalue weighted by atomic mass is 10.5. The van der Waals surface area contributed by atoms with Crippen LogP contribution in [0, 0.1) is 0 Å². The molecule has 4 N–H and O–H groups in total. The van der Waals surface area contributed by atoms with Crippen LogP contribution in [0.2, 0.25) is 0 Å². The van der Waals surface area contributed by atoms with E-state index in [0.29, 0.717) is 11.8 Å². The first kappa shape index (κ1) is 10.3. The number of nitrogens with one attached hydrogen (secondary N) is 2. The summed E-state index contributed by atoms with van der Waals surface area (Å²) >= 11 is 4.97. The first-order valence-corrected chi connectivity index (χ1v) is 5.81. The minimum atomic E-state index is 0.371. The Morgan fingerprint density at radius 1 is 1.47 bits per heavy atom. The minimum Gasteiger partial charge on any atom is -0.338 e. The van der Waals surface area contributed by atoms with Crippen LogP contribution in [0.5, 0.6) is 0 Å². The van der Waals surface area contributed by atoms with E-state index in [0.717, 1.165) is 10.2 Å². The number of aromatic nitrogens is 2. The molecule has 0 aliphatic carbocycles. The number of nitrogens with zero attached hydrogens (tertiary/aromatic N) is 2. The van der Waals surface area contributed by atoms with Crippen molar-refractivity contribution in [3.05, 3.63) is 27.5 Å². The van der Waals surface area contributed by atoms with Crippen molar-refractivity contribution >= 4 is 44.7 Å². The molecule has 2 aromatic rings. The fourth-order valence-electron chi connectivity index (χ4n) is 0.997. The Morgan fingerprint density at radius 3 is 3.00 bits per heavy atom. The molecule has 0 aliphatic rings. The first-order chi connectivity index (χ1) is 7.29. The van der Waals surface area contributed by atoms with Crippen LogP contribution < -0.4 is 16.6 Å². The van der Waals surface area contributed by atoms with Gasteiger partial charge >= 0.3 is 0 Å². The van der Waals surface area contributed by atoms with Crippen molar-refractivity contribution in [2.75, 3.05) is 10.7 Å². The number of halogens is 1. The highest BCUT2D eigenvalue weighted by Gasteiger charge is 2.04. The summed E-state index contributed by atoms with van der Waals surface area (Å²) in [6, 6.07) is 1.97. The lowest BCUT2D eigenvalue weighted by Crippen LogP contribution is -2.11. The lowest BCUT2D eigenvalue weighted by Gasteiger charge is -2.06. The molecule has 5 nitrogen and oxygen atoms in total. The molecule has 0 spiro atoms. The van der Waals surface area contributed by atoms with Crippen LogP contribution in [0.15, 0.2) is 27.5 Å². The summed E-state index contributed by atoms with van der Waals surface area (Å²) in [5.41, 5.74) is 3.38. The highest BCUT2D eigenvalue weighted by atomic mass is 79.9. The molecule has 0 atom stereocenters. The highest BCUT2D eigenvalue weighted by Crippen LogP contribution is 2.24. The second-order valence-corrected chi connectivity index (χ2v) is 4.31. The van der Waals surface area contributed by atoms with Gasteiger partial charge in [0.2, 0.25) is 5.95 Å². The van der Waals surface area contributed by atoms with Crippen LogP contribution in [-0.2, 0) is 0 Å². The summed E-state index contributed by atoms with van der Waals surface area (Å²) in [6.45, 7) is 0. The largest absolute Gasteiger partial charge is 0.338 e. The molecular weight excluding hydrogens is 278 g/mol. The molecule has 0 saturated carbocycles. The predicted octanol–water partition coefficient (Wildman–Crippen LogP) is 2.33. The zero-order valence-electron chi connectivity index (χ0n) is 7.57. The molecule has 2 rings (SSSR count). The lowest BCUT2D eigenvalue weighted by molar-refractivity contribution is 1.11. The van der Waals surface area contributed by atoms with E-state index in [2.05, 4.69) is 36.6 Å². The van der Waals surface area contributed by atoms with Crippen LogP contribution in [-0.4, -0.2) is 9.97 Å². The summed E-state index contributed by atoms with van der Waals surface area (Å²) < 4.78 is 0.785. The molecule has 0 aromatic carbocycles. The Bertz CT molecular complexity index is 444. The summed E-state index contributed by atoms with van der Waals surface area (Å²) in [7, 11) is 0. The van der Waals surface area contributed by atoms with Gasteiger partial charge in [-0.25, -0.2) is 10.8 Å². The molecule has 0 bridgehead atoms. The Balaban J connectivity index is 2.27. The van der Waals surface area contributed by atoms with Crippen LogP contribution in [0.1, 0.15) is 0 Å². The van der Waals surface area contributed by atoms with Crippen LogP contribution >= 0.6 is 27.3 Å². The monoisotopic (exact) mass is 285 g/mol. The molecule has 0 saturated heterocycles. The molecule has 2 aromatic heterocycles. The van der Waals surface area contributed by atoms with Gasteiger partial charge in [0, 0.05) is 11.6 Å². The van der Waals surface area contributed by atoms with Gasteiger partial charge in [-0.2, -0.15) is 16.3 Å². The second-order valence-electron chi connectivity index (χ2n) is 2.67. The van der Waals surface area contributed by atoms with Crippen molar-refractivity contribution in [3.63, 3.8) is 0 Å². The van der Waals surface area contributed by atoms with E-state index in [1.165, 1.54) is 0 Å². The maximum atomic E-state index is 5.23. The van der Waals surface area contributed by atoms with Crippen molar-refractivity contribution in [1.29, 1.82) is 0 Å². The maximum Gasteiger partial charge on any atom is 0.239 e. The second kappa shape index (κ2) is 4.56. The topological polar surface area (TPSA) is 75.9 Å². The van der Waals surface area contributed by atoms with Gasteiger partial charge in [0.15, 0.2) is 0 Å². The fraction of sp³-hybridized carbons (Fsp3) is 0. The number of nitrogens with two attached hydrogens (primary N) is 1. The van der Waals surface area contributed by atoms with Crippen molar-refractivity contribution in [3.8, 4) is 0 Å². The first-order valence-electron chi connectivity index (χ1n) is 4.08. The Hall–Kier alpha value is -1.18. The smallest absolute Gasteiger partial charge is 0.239 e. The fourth-order valence-corrected chi connectivity index (χ4v) is 1.87. The van der Waals surface area contributed by atoms with Crippen LogP contribution in [0.3, 0.4) is 0 Å². The molecular formula is C8H8BrN5S. The maximum absolute atomic E-state index is 5.23. The van der Waals surface area contributed by atoms with E-state index in [1.807, 2.05) is 16.8 Å². The quantitative estimate of drug-likeness (QED) is 0.596. The predicted molar refractivity (Wildman–Crippen MR) is 65.1 cm³/mol. The zero-order chi connectivity index (χ0) is 10.7. The molecule has 2 heterocycles. The van der Waals surface area contributed by atoms with E-state index in [-0.39, 0.29) is 0 Å². The van der Waals surface area contributed by atoms with E-state index in [9.17, 15) is 0 Å². The normalized spacial score (nSPS) is 10.0. The van der Waals surface area contributed by atoms with Gasteiger partial charge in [-0.15, -0.1) is 0 Å². The summed E-state index contributed by atoms with van der Waals surface area (Å²) in [4.78, 5) is 8.12. The summed E-state index contributed by atoms with van der Waals surface area (Å²) in [6.07, 6.45) is 1.64.